The van der Waals surface area contributed by atoms with Crippen molar-refractivity contribution in [2.24, 2.45) is 11.7 Å². The van der Waals surface area contributed by atoms with E-state index in [1.807, 2.05) is 4.68 Å². The van der Waals surface area contributed by atoms with E-state index in [1.165, 1.54) is 42.0 Å². The highest BCUT2D eigenvalue weighted by Gasteiger charge is 2.53. The summed E-state index contributed by atoms with van der Waals surface area (Å²) in [4.78, 5) is 15.1. The van der Waals surface area contributed by atoms with Gasteiger partial charge in [0.2, 0.25) is 15.9 Å². The van der Waals surface area contributed by atoms with Crippen LogP contribution in [0.2, 0.25) is 5.02 Å². The first-order chi connectivity index (χ1) is 19.5. The lowest BCUT2D eigenvalue weighted by Crippen LogP contribution is -2.60. The number of sulfonamides is 1. The summed E-state index contributed by atoms with van der Waals surface area (Å²) in [5.41, 5.74) is 6.41. The van der Waals surface area contributed by atoms with Crippen LogP contribution in [0.5, 0.6) is 0 Å². The van der Waals surface area contributed by atoms with Crippen LogP contribution in [0.15, 0.2) is 53.6 Å². The highest BCUT2D eigenvalue weighted by atomic mass is 35.5. The summed E-state index contributed by atoms with van der Waals surface area (Å²) in [6.07, 6.45) is 8.55. The van der Waals surface area contributed by atoms with Gasteiger partial charge < -0.3 is 10.6 Å². The average Bonchev–Trinajstić information content (AvgIpc) is 3.66. The van der Waals surface area contributed by atoms with Crippen LogP contribution in [-0.2, 0) is 27.3 Å². The molecular formula is C29H34ClF2N5O3S. The Morgan fingerprint density at radius 2 is 1.73 bits per heavy atom. The van der Waals surface area contributed by atoms with Crippen molar-refractivity contribution in [2.45, 2.75) is 92.9 Å². The average molecular weight is 606 g/mol. The molecule has 6 rings (SSSR count). The second-order valence-corrected chi connectivity index (χ2v) is 13.9. The number of halogens is 3. The Balaban J connectivity index is 1.32. The molecule has 2 unspecified atom stereocenters. The topological polar surface area (TPSA) is 110 Å². The molecule has 2 bridgehead atoms. The van der Waals surface area contributed by atoms with Gasteiger partial charge in [-0.1, -0.05) is 36.6 Å². The van der Waals surface area contributed by atoms with Crippen molar-refractivity contribution in [3.05, 3.63) is 59.2 Å². The quantitative estimate of drug-likeness (QED) is 0.383. The van der Waals surface area contributed by atoms with Crippen LogP contribution in [0, 0.1) is 5.92 Å². The SMILES string of the molecule is NC1CC2CCC(C1)N2C(=O)[C@H](NS(=O)(=O)c1ccc2c(cnn2CC2CCCC2)c1)C(F)(F)c1ccc(Cl)cc1. The number of nitrogens with two attached hydrogens (primary N) is 1. The number of hydrogen-bond acceptors (Lipinski definition) is 5. The molecule has 3 atom stereocenters. The van der Waals surface area contributed by atoms with E-state index < -0.39 is 33.5 Å². The fraction of sp³-hybridized carbons (Fsp3) is 0.517. The summed E-state index contributed by atoms with van der Waals surface area (Å²) in [5.74, 6) is -4.27. The van der Waals surface area contributed by atoms with Gasteiger partial charge in [0.15, 0.2) is 6.04 Å². The number of carbonyl (C=O) groups excluding carboxylic acids is 1. The lowest BCUT2D eigenvalue weighted by Gasteiger charge is -2.41. The normalized spacial score (nSPS) is 24.3. The largest absolute Gasteiger partial charge is 0.335 e. The molecule has 2 aromatic carbocycles. The number of hydrogen-bond donors (Lipinski definition) is 2. The van der Waals surface area contributed by atoms with Crippen molar-refractivity contribution in [2.75, 3.05) is 0 Å². The zero-order valence-electron chi connectivity index (χ0n) is 22.6. The van der Waals surface area contributed by atoms with Crippen LogP contribution in [0.3, 0.4) is 0 Å². The van der Waals surface area contributed by atoms with E-state index in [9.17, 15) is 13.2 Å². The number of nitrogens with zero attached hydrogens (tertiary/aromatic N) is 3. The fourth-order valence-electron chi connectivity index (χ4n) is 6.88. The Hall–Kier alpha value is -2.60. The summed E-state index contributed by atoms with van der Waals surface area (Å²) in [6.45, 7) is 0.750. The van der Waals surface area contributed by atoms with Gasteiger partial charge in [0.05, 0.1) is 16.6 Å². The third kappa shape index (κ3) is 5.49. The van der Waals surface area contributed by atoms with Crippen LogP contribution in [0.1, 0.15) is 56.9 Å². The molecule has 8 nitrogen and oxygen atoms in total. The molecule has 41 heavy (non-hydrogen) atoms. The predicted octanol–water partition coefficient (Wildman–Crippen LogP) is 4.80. The van der Waals surface area contributed by atoms with E-state index in [0.717, 1.165) is 37.0 Å². The smallest absolute Gasteiger partial charge is 0.298 e. The van der Waals surface area contributed by atoms with Crippen molar-refractivity contribution in [3.63, 3.8) is 0 Å². The maximum absolute atomic E-state index is 16.1. The zero-order chi connectivity index (χ0) is 28.9. The first-order valence-electron chi connectivity index (χ1n) is 14.2. The highest BCUT2D eigenvalue weighted by molar-refractivity contribution is 7.89. The van der Waals surface area contributed by atoms with Crippen LogP contribution < -0.4 is 10.5 Å². The van der Waals surface area contributed by atoms with E-state index >= 15 is 8.78 Å². The maximum atomic E-state index is 16.1. The molecule has 3 aliphatic rings. The fourth-order valence-corrected chi connectivity index (χ4v) is 8.24. The molecule has 1 aliphatic carbocycles. The number of aromatic nitrogens is 2. The minimum atomic E-state index is -4.54. The third-order valence-corrected chi connectivity index (χ3v) is 10.6. The number of fused-ring (bicyclic) bond motifs is 3. The van der Waals surface area contributed by atoms with E-state index in [1.54, 1.807) is 12.3 Å². The van der Waals surface area contributed by atoms with Crippen LogP contribution >= 0.6 is 11.6 Å². The molecule has 220 valence electrons. The van der Waals surface area contributed by atoms with Crippen molar-refractivity contribution >= 4 is 38.4 Å². The van der Waals surface area contributed by atoms with E-state index in [0.29, 0.717) is 37.0 Å². The summed E-state index contributed by atoms with van der Waals surface area (Å²) in [5, 5.41) is 5.28. The molecule has 3 heterocycles. The molecule has 0 spiro atoms. The molecule has 2 saturated heterocycles. The van der Waals surface area contributed by atoms with E-state index in [4.69, 9.17) is 17.3 Å². The van der Waals surface area contributed by atoms with E-state index in [2.05, 4.69) is 9.82 Å². The van der Waals surface area contributed by atoms with Gasteiger partial charge in [0.25, 0.3) is 5.92 Å². The van der Waals surface area contributed by atoms with Crippen LogP contribution in [0.4, 0.5) is 8.78 Å². The van der Waals surface area contributed by atoms with Gasteiger partial charge in [-0.15, -0.1) is 0 Å². The Morgan fingerprint density at radius 1 is 1.07 bits per heavy atom. The zero-order valence-corrected chi connectivity index (χ0v) is 24.1. The lowest BCUT2D eigenvalue weighted by atomic mass is 9.95. The maximum Gasteiger partial charge on any atom is 0.298 e. The minimum absolute atomic E-state index is 0.121. The predicted molar refractivity (Wildman–Crippen MR) is 152 cm³/mol. The second-order valence-electron chi connectivity index (χ2n) is 11.7. The molecule has 1 aromatic heterocycles. The first-order valence-corrected chi connectivity index (χ1v) is 16.1. The van der Waals surface area contributed by atoms with Crippen molar-refractivity contribution < 1.29 is 22.0 Å². The monoisotopic (exact) mass is 605 g/mol. The van der Waals surface area contributed by atoms with Gasteiger partial charge in [-0.25, -0.2) is 8.42 Å². The first kappa shape index (κ1) is 28.5. The number of amides is 1. The van der Waals surface area contributed by atoms with Crippen molar-refractivity contribution in [1.82, 2.24) is 19.4 Å². The minimum Gasteiger partial charge on any atom is -0.335 e. The van der Waals surface area contributed by atoms with Crippen molar-refractivity contribution in [1.29, 1.82) is 0 Å². The number of carbonyl (C=O) groups is 1. The highest BCUT2D eigenvalue weighted by Crippen LogP contribution is 2.40. The molecule has 3 aromatic rings. The van der Waals surface area contributed by atoms with E-state index in [-0.39, 0.29) is 28.0 Å². The van der Waals surface area contributed by atoms with Gasteiger partial charge in [-0.05, 0) is 74.8 Å². The number of benzene rings is 2. The summed E-state index contributed by atoms with van der Waals surface area (Å²) < 4.78 is 63.6. The molecule has 0 radical (unpaired) electrons. The van der Waals surface area contributed by atoms with Crippen LogP contribution in [0.25, 0.3) is 10.9 Å². The molecular weight excluding hydrogens is 572 g/mol. The molecule has 1 amide bonds. The number of alkyl halides is 2. The Kier molecular flexibility index (Phi) is 7.59. The summed E-state index contributed by atoms with van der Waals surface area (Å²) >= 11 is 5.92. The number of nitrogens with one attached hydrogen (secondary N) is 1. The standard InChI is InChI=1S/C29H34ClF2N5O3S/c30-21-7-5-20(6-8-21)29(31,32)27(28(38)37-23-9-10-24(37)15-22(33)14-23)35-41(39,40)25-11-12-26-19(13-25)16-34-36(26)17-18-3-1-2-4-18/h5-8,11-13,16,18,22-24,27,35H,1-4,9-10,14-15,17,33H2/t22?,23?,24?,27-/m0/s1. The Labute approximate surface area is 243 Å². The van der Waals surface area contributed by atoms with Gasteiger partial charge in [-0.3, -0.25) is 9.48 Å². The van der Waals surface area contributed by atoms with Crippen LogP contribution in [-0.4, -0.2) is 53.2 Å². The Morgan fingerprint density at radius 3 is 2.39 bits per heavy atom. The molecule has 3 N–H and O–H groups in total. The number of piperidine rings is 1. The molecule has 12 heteroatoms. The Bertz CT molecular complexity index is 1530. The van der Waals surface area contributed by atoms with Gasteiger partial charge in [0, 0.05) is 40.6 Å². The third-order valence-electron chi connectivity index (χ3n) is 8.97. The van der Waals surface area contributed by atoms with Gasteiger partial charge >= 0.3 is 0 Å². The van der Waals surface area contributed by atoms with Gasteiger partial charge in [0.1, 0.15) is 0 Å². The second kappa shape index (κ2) is 10.9. The lowest BCUT2D eigenvalue weighted by molar-refractivity contribution is -0.149. The molecule has 1 saturated carbocycles. The van der Waals surface area contributed by atoms with Gasteiger partial charge in [-0.2, -0.15) is 18.6 Å². The summed E-state index contributed by atoms with van der Waals surface area (Å²) in [6, 6.07) is 6.18. The van der Waals surface area contributed by atoms with Crippen molar-refractivity contribution in [3.8, 4) is 0 Å². The molecule has 3 fully saturated rings. The molecule has 2 aliphatic heterocycles. The number of rotatable bonds is 8. The summed E-state index contributed by atoms with van der Waals surface area (Å²) in [7, 11) is -4.54.